The van der Waals surface area contributed by atoms with E-state index in [2.05, 4.69) is 44.3 Å². The van der Waals surface area contributed by atoms with Gasteiger partial charge in [0, 0.05) is 88.3 Å². The number of hydrogen-bond donors (Lipinski definition) is 2. The van der Waals surface area contributed by atoms with Crippen LogP contribution in [0.1, 0.15) is 72.1 Å². The molecule has 0 aliphatic carbocycles. The van der Waals surface area contributed by atoms with Crippen molar-refractivity contribution in [3.05, 3.63) is 82.7 Å². The number of amides is 4. The average Bonchev–Trinajstić information content (AvgIpc) is 3.97. The second kappa shape index (κ2) is 16.9. The van der Waals surface area contributed by atoms with Crippen LogP contribution in [0.4, 0.5) is 20.4 Å². The number of halogens is 2. The fraction of sp³-hybridized carbons (Fsp3) is 0.444. The Morgan fingerprint density at radius 2 is 1.71 bits per heavy atom. The molecule has 7 heterocycles. The minimum absolute atomic E-state index is 0.0211. The number of aryl methyl sites for hydroxylation is 2. The van der Waals surface area contributed by atoms with Crippen LogP contribution < -0.4 is 20.3 Å². The molecular formula is C45H50F2N10O5. The van der Waals surface area contributed by atoms with Gasteiger partial charge in [-0.2, -0.15) is 5.10 Å². The van der Waals surface area contributed by atoms with E-state index in [0.29, 0.717) is 99.9 Å². The summed E-state index contributed by atoms with van der Waals surface area (Å²) in [6.07, 6.45) is 4.07. The number of piperazine rings is 1. The number of anilines is 2. The molecule has 4 amide bonds. The van der Waals surface area contributed by atoms with Gasteiger partial charge in [0.25, 0.3) is 5.91 Å². The highest BCUT2D eigenvalue weighted by Gasteiger charge is 2.36. The van der Waals surface area contributed by atoms with E-state index in [1.54, 1.807) is 23.0 Å². The van der Waals surface area contributed by atoms with Crippen molar-refractivity contribution in [1.82, 2.24) is 39.4 Å². The van der Waals surface area contributed by atoms with Crippen molar-refractivity contribution >= 4 is 46.3 Å². The summed E-state index contributed by atoms with van der Waals surface area (Å²) in [4.78, 5) is 67.1. The minimum atomic E-state index is -1.06. The lowest BCUT2D eigenvalue weighted by atomic mass is 9.89. The van der Waals surface area contributed by atoms with E-state index in [9.17, 15) is 19.2 Å². The summed E-state index contributed by atoms with van der Waals surface area (Å²) in [5.74, 6) is -3.08. The molecule has 5 aromatic rings. The topological polar surface area (TPSA) is 160 Å². The molecule has 324 valence electrons. The molecule has 4 aliphatic heterocycles. The summed E-state index contributed by atoms with van der Waals surface area (Å²) < 4.78 is 40.6. The zero-order chi connectivity index (χ0) is 43.2. The third-order valence-electron chi connectivity index (χ3n) is 12.6. The average molecular weight is 849 g/mol. The van der Waals surface area contributed by atoms with Crippen LogP contribution in [-0.2, 0) is 34.5 Å². The first kappa shape index (κ1) is 41.1. The molecule has 9 rings (SSSR count). The third kappa shape index (κ3) is 8.24. The predicted octanol–water partition coefficient (Wildman–Crippen LogP) is 5.17. The van der Waals surface area contributed by atoms with Crippen LogP contribution in [0.15, 0.2) is 48.7 Å². The first-order valence-electron chi connectivity index (χ1n) is 21.4. The predicted molar refractivity (Wildman–Crippen MR) is 226 cm³/mol. The van der Waals surface area contributed by atoms with E-state index in [1.165, 1.54) is 12.1 Å². The molecule has 3 saturated heterocycles. The number of piperidine rings is 1. The number of carbonyl (C=O) groups is 4. The molecule has 4 aliphatic rings. The van der Waals surface area contributed by atoms with Crippen LogP contribution >= 0.6 is 0 Å². The SMILES string of the molecule is Cc1cc2cc(n1)-c1cnn(C)c1OCCC[C@@H](C)Cn1c(nc3ccc(CN4CCN(C(=O)[C@@H]5CCN(c6cc(F)c([C@H]7CCC(=O)NC7=O)c(F)c6)C5)CC4)cc31)NC2=O. The van der Waals surface area contributed by atoms with Gasteiger partial charge in [-0.05, 0) is 80.5 Å². The number of fused-ring (bicyclic) bond motifs is 7. The van der Waals surface area contributed by atoms with Crippen LogP contribution in [0.2, 0.25) is 0 Å². The normalized spacial score (nSPS) is 21.4. The van der Waals surface area contributed by atoms with Crippen LogP contribution in [0.5, 0.6) is 5.88 Å². The molecular weight excluding hydrogens is 799 g/mol. The molecule has 0 radical (unpaired) electrons. The molecule has 3 fully saturated rings. The fourth-order valence-electron chi connectivity index (χ4n) is 9.33. The molecule has 3 aromatic heterocycles. The summed E-state index contributed by atoms with van der Waals surface area (Å²) in [6.45, 7) is 9.19. The van der Waals surface area contributed by atoms with Gasteiger partial charge in [0.05, 0.1) is 46.9 Å². The standard InChI is InChI=1S/C45H50F2N10O5/c1-26-5-4-16-62-44-33(22-48-53(44)3)37-19-30(17-27(2)49-37)41(59)52-45-50-36-8-6-28(18-38(36)57(45)23-26)24-54-12-14-55(15-13-54)43(61)29-10-11-56(25-29)31-20-34(46)40(35(47)21-31)32-7-9-39(58)51-42(32)60/h6,8,17-22,26,29,32H,4-5,7,9-16,23-25H2,1-3H3,(H,50,52,59)(H,51,58,60)/t26-,29-,32-/m1/s1. The van der Waals surface area contributed by atoms with Crippen molar-refractivity contribution in [2.45, 2.75) is 65.0 Å². The number of pyridine rings is 1. The van der Waals surface area contributed by atoms with Gasteiger partial charge < -0.3 is 19.1 Å². The van der Waals surface area contributed by atoms with Gasteiger partial charge >= 0.3 is 0 Å². The van der Waals surface area contributed by atoms with Gasteiger partial charge in [-0.1, -0.05) is 13.0 Å². The lowest BCUT2D eigenvalue weighted by Crippen LogP contribution is -2.50. The summed E-state index contributed by atoms with van der Waals surface area (Å²) in [6, 6.07) is 12.2. The number of imidazole rings is 1. The smallest absolute Gasteiger partial charge is 0.258 e. The largest absolute Gasteiger partial charge is 0.477 e. The maximum Gasteiger partial charge on any atom is 0.258 e. The zero-order valence-corrected chi connectivity index (χ0v) is 35.1. The summed E-state index contributed by atoms with van der Waals surface area (Å²) in [7, 11) is 1.83. The van der Waals surface area contributed by atoms with Crippen LogP contribution in [0.3, 0.4) is 0 Å². The number of hydrogen-bond acceptors (Lipinski definition) is 10. The van der Waals surface area contributed by atoms with E-state index in [4.69, 9.17) is 14.7 Å². The zero-order valence-electron chi connectivity index (χ0n) is 35.1. The molecule has 2 N–H and O–H groups in total. The molecule has 15 nitrogen and oxygen atoms in total. The number of ether oxygens (including phenoxy) is 1. The summed E-state index contributed by atoms with van der Waals surface area (Å²) >= 11 is 0. The van der Waals surface area contributed by atoms with Crippen molar-refractivity contribution in [2.24, 2.45) is 18.9 Å². The first-order chi connectivity index (χ1) is 29.9. The maximum atomic E-state index is 15.3. The van der Waals surface area contributed by atoms with E-state index in [-0.39, 0.29) is 42.1 Å². The minimum Gasteiger partial charge on any atom is -0.477 e. The van der Waals surface area contributed by atoms with E-state index >= 15 is 8.78 Å². The molecule has 2 bridgehead atoms. The summed E-state index contributed by atoms with van der Waals surface area (Å²) in [5, 5.41) is 9.67. The number of benzene rings is 2. The van der Waals surface area contributed by atoms with Gasteiger partial charge in [0.15, 0.2) is 0 Å². The monoisotopic (exact) mass is 848 g/mol. The van der Waals surface area contributed by atoms with Crippen LogP contribution in [0.25, 0.3) is 22.3 Å². The summed E-state index contributed by atoms with van der Waals surface area (Å²) in [5.41, 5.74) is 5.29. The van der Waals surface area contributed by atoms with Crippen molar-refractivity contribution in [2.75, 3.05) is 56.1 Å². The second-order valence-electron chi connectivity index (χ2n) is 17.1. The quantitative estimate of drug-likeness (QED) is 0.226. The highest BCUT2D eigenvalue weighted by Crippen LogP contribution is 2.35. The van der Waals surface area contributed by atoms with Crippen molar-refractivity contribution in [3.63, 3.8) is 0 Å². The Hall–Kier alpha value is -6.23. The lowest BCUT2D eigenvalue weighted by Gasteiger charge is -2.36. The number of carbonyl (C=O) groups excluding carboxylic acids is 4. The van der Waals surface area contributed by atoms with Crippen molar-refractivity contribution in [3.8, 4) is 17.1 Å². The maximum absolute atomic E-state index is 15.3. The molecule has 17 heteroatoms. The highest BCUT2D eigenvalue weighted by atomic mass is 19.1. The van der Waals surface area contributed by atoms with Crippen LogP contribution in [-0.4, -0.2) is 104 Å². The number of nitrogens with one attached hydrogen (secondary N) is 2. The molecule has 2 aromatic carbocycles. The molecule has 3 atom stereocenters. The van der Waals surface area contributed by atoms with Gasteiger partial charge in [-0.3, -0.25) is 39.7 Å². The Morgan fingerprint density at radius 3 is 2.48 bits per heavy atom. The number of aromatic nitrogens is 5. The third-order valence-corrected chi connectivity index (χ3v) is 12.6. The van der Waals surface area contributed by atoms with Gasteiger partial charge in [-0.15, -0.1) is 0 Å². The number of imide groups is 1. The Morgan fingerprint density at radius 1 is 0.919 bits per heavy atom. The Bertz CT molecular complexity index is 2560. The Balaban J connectivity index is 0.851. The van der Waals surface area contributed by atoms with Gasteiger partial charge in [-0.25, -0.2) is 18.4 Å². The van der Waals surface area contributed by atoms with Crippen molar-refractivity contribution in [1.29, 1.82) is 0 Å². The fourth-order valence-corrected chi connectivity index (χ4v) is 9.33. The van der Waals surface area contributed by atoms with E-state index in [1.807, 2.05) is 29.8 Å². The molecule has 62 heavy (non-hydrogen) atoms. The van der Waals surface area contributed by atoms with Gasteiger partial charge in [0.2, 0.25) is 29.5 Å². The first-order valence-corrected chi connectivity index (χ1v) is 21.4. The Labute approximate surface area is 357 Å². The molecule has 0 spiro atoms. The van der Waals surface area contributed by atoms with E-state index < -0.39 is 29.4 Å². The van der Waals surface area contributed by atoms with E-state index in [0.717, 1.165) is 35.0 Å². The number of rotatable bonds is 5. The van der Waals surface area contributed by atoms with Gasteiger partial charge in [0.1, 0.15) is 11.6 Å². The second-order valence-corrected chi connectivity index (χ2v) is 17.1. The highest BCUT2D eigenvalue weighted by molar-refractivity contribution is 6.05. The van der Waals surface area contributed by atoms with Crippen LogP contribution in [0, 0.1) is 30.4 Å². The van der Waals surface area contributed by atoms with Crippen molar-refractivity contribution < 1.29 is 32.7 Å². The molecule has 0 unspecified atom stereocenters. The molecule has 0 saturated carbocycles. The lowest BCUT2D eigenvalue weighted by molar-refractivity contribution is -0.137. The number of nitrogens with zero attached hydrogens (tertiary/aromatic N) is 8. The Kier molecular flexibility index (Phi) is 11.2.